The Morgan fingerprint density at radius 1 is 1.17 bits per heavy atom. The zero-order chi connectivity index (χ0) is 21.2. The number of nitrogens with one attached hydrogen (secondary N) is 3. The third-order valence-electron chi connectivity index (χ3n) is 3.85. The molecular formula is C16H14F3N5O4S. The van der Waals surface area contributed by atoms with Gasteiger partial charge in [0.25, 0.3) is 0 Å². The molecule has 3 rings (SSSR count). The molecule has 4 N–H and O–H groups in total. The highest BCUT2D eigenvalue weighted by Crippen LogP contribution is 2.34. The molecule has 3 heterocycles. The minimum absolute atomic E-state index is 0.0286. The van der Waals surface area contributed by atoms with Gasteiger partial charge in [-0.3, -0.25) is 4.98 Å². The quantitative estimate of drug-likeness (QED) is 0.444. The van der Waals surface area contributed by atoms with E-state index in [2.05, 4.69) is 19.7 Å². The Morgan fingerprint density at radius 2 is 1.93 bits per heavy atom. The molecule has 13 heteroatoms. The fourth-order valence-electron chi connectivity index (χ4n) is 2.54. The van der Waals surface area contributed by atoms with E-state index in [0.717, 1.165) is 12.3 Å². The number of pyridine rings is 2. The van der Waals surface area contributed by atoms with E-state index in [1.165, 1.54) is 24.4 Å². The molecule has 0 unspecified atom stereocenters. The number of aromatic amines is 1. The molecule has 9 nitrogen and oxygen atoms in total. The Bertz CT molecular complexity index is 1140. The minimum atomic E-state index is -4.56. The van der Waals surface area contributed by atoms with Crippen LogP contribution in [-0.4, -0.2) is 47.7 Å². The lowest BCUT2D eigenvalue weighted by atomic mass is 10.1. The van der Waals surface area contributed by atoms with Gasteiger partial charge >= 0.3 is 12.3 Å². The zero-order valence-electron chi connectivity index (χ0n) is 14.5. The monoisotopic (exact) mass is 429 g/mol. The maximum Gasteiger partial charge on any atom is 0.431 e. The number of fused-ring (bicyclic) bond motifs is 1. The lowest BCUT2D eigenvalue weighted by molar-refractivity contribution is -0.140. The van der Waals surface area contributed by atoms with Crippen LogP contribution in [0.25, 0.3) is 22.3 Å². The summed E-state index contributed by atoms with van der Waals surface area (Å²) >= 11 is 0. The van der Waals surface area contributed by atoms with Crippen LogP contribution in [0.3, 0.4) is 0 Å². The number of carbonyl (C=O) groups is 1. The highest BCUT2D eigenvalue weighted by atomic mass is 32.2. The number of amides is 1. The molecule has 0 radical (unpaired) electrons. The SMILES string of the molecule is O=C(O)NCCNS(=O)(=O)c1ccc(-c2ccnc3[nH]c(C(F)(F)F)cc23)nc1. The van der Waals surface area contributed by atoms with E-state index in [-0.39, 0.29) is 34.7 Å². The third-order valence-corrected chi connectivity index (χ3v) is 5.30. The van der Waals surface area contributed by atoms with Crippen LogP contribution in [0.15, 0.2) is 41.6 Å². The van der Waals surface area contributed by atoms with Crippen LogP contribution in [0, 0.1) is 0 Å². The largest absolute Gasteiger partial charge is 0.465 e. The maximum absolute atomic E-state index is 12.9. The molecule has 154 valence electrons. The summed E-state index contributed by atoms with van der Waals surface area (Å²) < 4.78 is 65.4. The molecule has 0 aliphatic rings. The summed E-state index contributed by atoms with van der Waals surface area (Å²) in [6, 6.07) is 5.00. The Morgan fingerprint density at radius 3 is 2.55 bits per heavy atom. The Hall–Kier alpha value is -3.19. The maximum atomic E-state index is 12.9. The molecular weight excluding hydrogens is 415 g/mol. The highest BCUT2D eigenvalue weighted by Gasteiger charge is 2.33. The number of halogens is 3. The van der Waals surface area contributed by atoms with E-state index in [1.807, 2.05) is 5.32 Å². The number of H-pyrrole nitrogens is 1. The normalized spacial score (nSPS) is 12.2. The van der Waals surface area contributed by atoms with Crippen LogP contribution in [0.2, 0.25) is 0 Å². The molecule has 3 aromatic heterocycles. The average Bonchev–Trinajstić information content (AvgIpc) is 3.10. The van der Waals surface area contributed by atoms with Crippen LogP contribution < -0.4 is 10.0 Å². The Labute approximate surface area is 162 Å². The minimum Gasteiger partial charge on any atom is -0.465 e. The average molecular weight is 429 g/mol. The second-order valence-electron chi connectivity index (χ2n) is 5.81. The van der Waals surface area contributed by atoms with E-state index in [0.29, 0.717) is 5.56 Å². The van der Waals surface area contributed by atoms with Crippen molar-refractivity contribution in [1.29, 1.82) is 0 Å². The van der Waals surface area contributed by atoms with E-state index in [1.54, 1.807) is 0 Å². The summed E-state index contributed by atoms with van der Waals surface area (Å²) in [5.74, 6) is 0. The van der Waals surface area contributed by atoms with Crippen molar-refractivity contribution in [3.8, 4) is 11.3 Å². The topological polar surface area (TPSA) is 137 Å². The van der Waals surface area contributed by atoms with Crippen molar-refractivity contribution in [2.24, 2.45) is 0 Å². The van der Waals surface area contributed by atoms with Crippen LogP contribution in [0.4, 0.5) is 18.0 Å². The number of nitrogens with zero attached hydrogens (tertiary/aromatic N) is 2. The van der Waals surface area contributed by atoms with Gasteiger partial charge in [0, 0.05) is 36.4 Å². The molecule has 0 bridgehead atoms. The van der Waals surface area contributed by atoms with Crippen LogP contribution >= 0.6 is 0 Å². The molecule has 0 aliphatic heterocycles. The molecule has 0 atom stereocenters. The van der Waals surface area contributed by atoms with Crippen molar-refractivity contribution in [1.82, 2.24) is 25.0 Å². The molecule has 1 amide bonds. The van der Waals surface area contributed by atoms with E-state index in [4.69, 9.17) is 5.11 Å². The van der Waals surface area contributed by atoms with Crippen molar-refractivity contribution < 1.29 is 31.5 Å². The first kappa shape index (κ1) is 20.5. The van der Waals surface area contributed by atoms with E-state index in [9.17, 15) is 26.4 Å². The summed E-state index contributed by atoms with van der Waals surface area (Å²) in [6.45, 7) is -0.283. The van der Waals surface area contributed by atoms with Crippen molar-refractivity contribution in [2.75, 3.05) is 13.1 Å². The van der Waals surface area contributed by atoms with Crippen LogP contribution in [0.5, 0.6) is 0 Å². The lowest BCUT2D eigenvalue weighted by Gasteiger charge is -2.08. The molecule has 0 saturated heterocycles. The fraction of sp³-hybridized carbons (Fsp3) is 0.188. The number of carboxylic acid groups (broad SMARTS) is 1. The first-order valence-corrected chi connectivity index (χ1v) is 9.54. The molecule has 0 saturated carbocycles. The summed E-state index contributed by atoms with van der Waals surface area (Å²) in [7, 11) is -3.93. The molecule has 0 spiro atoms. The first-order chi connectivity index (χ1) is 13.6. The standard InChI is InChI=1S/C16H14F3N5O4S/c17-16(18,19)13-7-11-10(3-4-20-14(11)24-13)12-2-1-9(8-22-12)29(27,28)23-6-5-21-15(25)26/h1-4,7-8,21,23H,5-6H2,(H,20,24)(H,25,26). The van der Waals surface area contributed by atoms with Crippen molar-refractivity contribution in [3.05, 3.63) is 42.4 Å². The third kappa shape index (κ3) is 4.63. The summed E-state index contributed by atoms with van der Waals surface area (Å²) in [5, 5.41) is 10.7. The highest BCUT2D eigenvalue weighted by molar-refractivity contribution is 7.89. The second-order valence-corrected chi connectivity index (χ2v) is 7.58. The number of hydrogen-bond acceptors (Lipinski definition) is 5. The predicted octanol–water partition coefficient (Wildman–Crippen LogP) is 2.19. The van der Waals surface area contributed by atoms with Crippen LogP contribution in [-0.2, 0) is 16.2 Å². The fourth-order valence-corrected chi connectivity index (χ4v) is 3.52. The van der Waals surface area contributed by atoms with Gasteiger partial charge in [0.1, 0.15) is 16.2 Å². The van der Waals surface area contributed by atoms with Gasteiger partial charge in [0.05, 0.1) is 5.69 Å². The molecule has 0 fully saturated rings. The zero-order valence-corrected chi connectivity index (χ0v) is 15.3. The van der Waals surface area contributed by atoms with Gasteiger partial charge in [-0.15, -0.1) is 0 Å². The lowest BCUT2D eigenvalue weighted by Crippen LogP contribution is -2.34. The van der Waals surface area contributed by atoms with Gasteiger partial charge in [0.2, 0.25) is 10.0 Å². The first-order valence-electron chi connectivity index (χ1n) is 8.06. The smallest absolute Gasteiger partial charge is 0.431 e. The van der Waals surface area contributed by atoms with Gasteiger partial charge in [-0.25, -0.2) is 22.9 Å². The summed E-state index contributed by atoms with van der Waals surface area (Å²) in [4.78, 5) is 20.3. The molecule has 29 heavy (non-hydrogen) atoms. The molecule has 3 aromatic rings. The number of hydrogen-bond donors (Lipinski definition) is 4. The van der Waals surface area contributed by atoms with Crippen LogP contribution in [0.1, 0.15) is 5.69 Å². The summed E-state index contributed by atoms with van der Waals surface area (Å²) in [5.41, 5.74) is -0.312. The molecule has 0 aromatic carbocycles. The van der Waals surface area contributed by atoms with Gasteiger partial charge in [-0.2, -0.15) is 13.2 Å². The van der Waals surface area contributed by atoms with Gasteiger partial charge in [-0.1, -0.05) is 0 Å². The number of alkyl halides is 3. The summed E-state index contributed by atoms with van der Waals surface area (Å²) in [6.07, 6.45) is -3.47. The Kier molecular flexibility index (Phi) is 5.44. The number of sulfonamides is 1. The van der Waals surface area contributed by atoms with Crippen molar-refractivity contribution in [3.63, 3.8) is 0 Å². The number of rotatable bonds is 6. The van der Waals surface area contributed by atoms with Gasteiger partial charge in [0.15, 0.2) is 0 Å². The van der Waals surface area contributed by atoms with Gasteiger partial charge in [-0.05, 0) is 24.3 Å². The predicted molar refractivity (Wildman–Crippen MR) is 95.5 cm³/mol. The van der Waals surface area contributed by atoms with E-state index >= 15 is 0 Å². The second kappa shape index (κ2) is 7.67. The van der Waals surface area contributed by atoms with Crippen molar-refractivity contribution in [2.45, 2.75) is 11.1 Å². The number of aromatic nitrogens is 3. The van der Waals surface area contributed by atoms with Gasteiger partial charge < -0.3 is 15.4 Å². The van der Waals surface area contributed by atoms with E-state index < -0.39 is 28.0 Å². The Balaban J connectivity index is 1.85. The van der Waals surface area contributed by atoms with Crippen molar-refractivity contribution >= 4 is 27.1 Å². The molecule has 0 aliphatic carbocycles.